The standard InChI is InChI=1S/C9H17BrN4O3S/c1-17-4-3-14-9(7(10)5-12-14)8(13-11)6-18(2,15)16/h5,8,13H,3-4,6,11H2,1-2H3. The van der Waals surface area contributed by atoms with Gasteiger partial charge in [-0.15, -0.1) is 0 Å². The Morgan fingerprint density at radius 3 is 2.83 bits per heavy atom. The number of rotatable bonds is 7. The summed E-state index contributed by atoms with van der Waals surface area (Å²) in [6.45, 7) is 1.01. The van der Waals surface area contributed by atoms with Crippen molar-refractivity contribution in [1.82, 2.24) is 15.2 Å². The van der Waals surface area contributed by atoms with Gasteiger partial charge in [0.15, 0.2) is 0 Å². The number of hydrogen-bond acceptors (Lipinski definition) is 6. The fraction of sp³-hybridized carbons (Fsp3) is 0.667. The molecule has 0 saturated heterocycles. The van der Waals surface area contributed by atoms with Crippen LogP contribution in [-0.2, 0) is 21.1 Å². The van der Waals surface area contributed by atoms with Crippen LogP contribution in [0.2, 0.25) is 0 Å². The molecule has 0 spiro atoms. The maximum atomic E-state index is 11.4. The Labute approximate surface area is 115 Å². The van der Waals surface area contributed by atoms with E-state index in [4.69, 9.17) is 10.6 Å². The first-order chi connectivity index (χ1) is 8.39. The third kappa shape index (κ3) is 4.32. The molecule has 1 aromatic rings. The monoisotopic (exact) mass is 340 g/mol. The van der Waals surface area contributed by atoms with Crippen LogP contribution < -0.4 is 11.3 Å². The Kier molecular flexibility index (Phi) is 5.73. The van der Waals surface area contributed by atoms with E-state index in [0.29, 0.717) is 23.3 Å². The van der Waals surface area contributed by atoms with E-state index >= 15 is 0 Å². The van der Waals surface area contributed by atoms with E-state index in [1.54, 1.807) is 18.0 Å². The maximum absolute atomic E-state index is 11.4. The Bertz CT molecular complexity index is 488. The molecular formula is C9H17BrN4O3S. The van der Waals surface area contributed by atoms with Gasteiger partial charge in [-0.25, -0.2) is 8.42 Å². The number of hydrogen-bond donors (Lipinski definition) is 2. The normalized spacial score (nSPS) is 13.8. The van der Waals surface area contributed by atoms with Crippen molar-refractivity contribution < 1.29 is 13.2 Å². The molecular weight excluding hydrogens is 324 g/mol. The predicted molar refractivity (Wildman–Crippen MR) is 71.6 cm³/mol. The van der Waals surface area contributed by atoms with E-state index in [1.165, 1.54) is 6.26 Å². The highest BCUT2D eigenvalue weighted by Crippen LogP contribution is 2.23. The second kappa shape index (κ2) is 6.62. The highest BCUT2D eigenvalue weighted by atomic mass is 79.9. The topological polar surface area (TPSA) is 99.2 Å². The lowest BCUT2D eigenvalue weighted by Gasteiger charge is -2.17. The summed E-state index contributed by atoms with van der Waals surface area (Å²) >= 11 is 3.34. The molecule has 9 heteroatoms. The summed E-state index contributed by atoms with van der Waals surface area (Å²) in [5, 5.41) is 4.15. The first-order valence-corrected chi connectivity index (χ1v) is 8.08. The quantitative estimate of drug-likeness (QED) is 0.528. The number of nitrogens with two attached hydrogens (primary N) is 1. The van der Waals surface area contributed by atoms with Gasteiger partial charge in [-0.05, 0) is 15.9 Å². The molecule has 0 aliphatic rings. The van der Waals surface area contributed by atoms with Crippen LogP contribution in [-0.4, -0.2) is 43.9 Å². The largest absolute Gasteiger partial charge is 0.383 e. The van der Waals surface area contributed by atoms with E-state index in [1.807, 2.05) is 0 Å². The van der Waals surface area contributed by atoms with Gasteiger partial charge in [0, 0.05) is 13.4 Å². The summed E-state index contributed by atoms with van der Waals surface area (Å²) in [6.07, 6.45) is 2.78. The molecule has 104 valence electrons. The van der Waals surface area contributed by atoms with Gasteiger partial charge in [-0.2, -0.15) is 5.10 Å². The molecule has 1 rings (SSSR count). The van der Waals surface area contributed by atoms with Crippen molar-refractivity contribution >= 4 is 25.8 Å². The summed E-state index contributed by atoms with van der Waals surface area (Å²) in [7, 11) is -1.56. The van der Waals surface area contributed by atoms with Crippen LogP contribution in [0.4, 0.5) is 0 Å². The number of nitrogens with zero attached hydrogens (tertiary/aromatic N) is 2. The third-order valence-electron chi connectivity index (χ3n) is 2.34. The SMILES string of the molecule is COCCn1ncc(Br)c1C(CS(C)(=O)=O)NN. The maximum Gasteiger partial charge on any atom is 0.149 e. The molecule has 1 aromatic heterocycles. The lowest BCUT2D eigenvalue weighted by atomic mass is 10.2. The lowest BCUT2D eigenvalue weighted by Crippen LogP contribution is -2.35. The summed E-state index contributed by atoms with van der Waals surface area (Å²) in [5.74, 6) is 5.33. The number of aromatic nitrogens is 2. The van der Waals surface area contributed by atoms with Crippen molar-refractivity contribution in [1.29, 1.82) is 0 Å². The Hall–Kier alpha value is -0.480. The van der Waals surface area contributed by atoms with Gasteiger partial charge in [0.25, 0.3) is 0 Å². The summed E-state index contributed by atoms with van der Waals surface area (Å²) in [5.41, 5.74) is 3.20. The van der Waals surface area contributed by atoms with Gasteiger partial charge in [-0.3, -0.25) is 16.0 Å². The highest BCUT2D eigenvalue weighted by molar-refractivity contribution is 9.10. The van der Waals surface area contributed by atoms with Crippen LogP contribution in [0.1, 0.15) is 11.7 Å². The average Bonchev–Trinajstić information content (AvgIpc) is 2.63. The van der Waals surface area contributed by atoms with Crippen LogP contribution in [0, 0.1) is 0 Å². The minimum absolute atomic E-state index is 0.0965. The Morgan fingerprint density at radius 1 is 1.67 bits per heavy atom. The van der Waals surface area contributed by atoms with Crippen LogP contribution in [0.3, 0.4) is 0 Å². The van der Waals surface area contributed by atoms with Gasteiger partial charge < -0.3 is 4.74 Å². The van der Waals surface area contributed by atoms with Crippen molar-refractivity contribution in [3.8, 4) is 0 Å². The summed E-state index contributed by atoms with van der Waals surface area (Å²) in [4.78, 5) is 0. The predicted octanol–water partition coefficient (Wildman–Crippen LogP) is -0.159. The van der Waals surface area contributed by atoms with E-state index in [-0.39, 0.29) is 5.75 Å². The van der Waals surface area contributed by atoms with Gasteiger partial charge in [-0.1, -0.05) is 0 Å². The molecule has 1 heterocycles. The van der Waals surface area contributed by atoms with Gasteiger partial charge >= 0.3 is 0 Å². The molecule has 0 saturated carbocycles. The number of halogens is 1. The first-order valence-electron chi connectivity index (χ1n) is 5.23. The molecule has 1 atom stereocenters. The van der Waals surface area contributed by atoms with Crippen molar-refractivity contribution in [2.45, 2.75) is 12.6 Å². The minimum atomic E-state index is -3.15. The van der Waals surface area contributed by atoms with Crippen LogP contribution >= 0.6 is 15.9 Å². The molecule has 0 aromatic carbocycles. The number of sulfone groups is 1. The fourth-order valence-corrected chi connectivity index (χ4v) is 3.02. The molecule has 0 radical (unpaired) electrons. The molecule has 3 N–H and O–H groups in total. The van der Waals surface area contributed by atoms with Crippen LogP contribution in [0.15, 0.2) is 10.7 Å². The van der Waals surface area contributed by atoms with Gasteiger partial charge in [0.1, 0.15) is 9.84 Å². The molecule has 0 fully saturated rings. The van der Waals surface area contributed by atoms with Crippen molar-refractivity contribution in [3.05, 3.63) is 16.4 Å². The van der Waals surface area contributed by atoms with Crippen molar-refractivity contribution in [2.75, 3.05) is 25.7 Å². The van der Waals surface area contributed by atoms with Crippen molar-refractivity contribution in [3.63, 3.8) is 0 Å². The Morgan fingerprint density at radius 2 is 2.33 bits per heavy atom. The van der Waals surface area contributed by atoms with Gasteiger partial charge in [0.2, 0.25) is 0 Å². The van der Waals surface area contributed by atoms with E-state index in [2.05, 4.69) is 26.5 Å². The molecule has 7 nitrogen and oxygen atoms in total. The summed E-state index contributed by atoms with van der Waals surface area (Å²) < 4.78 is 30.1. The highest BCUT2D eigenvalue weighted by Gasteiger charge is 2.22. The molecule has 0 aliphatic carbocycles. The second-order valence-electron chi connectivity index (χ2n) is 3.91. The van der Waals surface area contributed by atoms with E-state index in [0.717, 1.165) is 0 Å². The van der Waals surface area contributed by atoms with Gasteiger partial charge in [0.05, 0.1) is 41.3 Å². The van der Waals surface area contributed by atoms with Crippen LogP contribution in [0.5, 0.6) is 0 Å². The first kappa shape index (κ1) is 15.6. The average molecular weight is 341 g/mol. The lowest BCUT2D eigenvalue weighted by molar-refractivity contribution is 0.181. The zero-order chi connectivity index (χ0) is 13.8. The third-order valence-corrected chi connectivity index (χ3v) is 3.89. The molecule has 1 unspecified atom stereocenters. The molecule has 18 heavy (non-hydrogen) atoms. The van der Waals surface area contributed by atoms with Crippen molar-refractivity contribution in [2.24, 2.45) is 5.84 Å². The molecule has 0 aliphatic heterocycles. The number of ether oxygens (including phenoxy) is 1. The Balaban J connectivity index is 3.00. The smallest absolute Gasteiger partial charge is 0.149 e. The number of methoxy groups -OCH3 is 1. The number of nitrogens with one attached hydrogen (secondary N) is 1. The van der Waals surface area contributed by atoms with E-state index in [9.17, 15) is 8.42 Å². The zero-order valence-electron chi connectivity index (χ0n) is 10.3. The fourth-order valence-electron chi connectivity index (χ4n) is 1.58. The molecule has 0 bridgehead atoms. The molecule has 0 amide bonds. The minimum Gasteiger partial charge on any atom is -0.383 e. The zero-order valence-corrected chi connectivity index (χ0v) is 12.7. The summed E-state index contributed by atoms with van der Waals surface area (Å²) in [6, 6.07) is -0.520. The second-order valence-corrected chi connectivity index (χ2v) is 6.94. The van der Waals surface area contributed by atoms with Crippen LogP contribution in [0.25, 0.3) is 0 Å². The number of hydrazine groups is 1. The van der Waals surface area contributed by atoms with E-state index < -0.39 is 15.9 Å².